The summed E-state index contributed by atoms with van der Waals surface area (Å²) in [6.45, 7) is 7.49. The van der Waals surface area contributed by atoms with Gasteiger partial charge in [-0.1, -0.05) is 28.1 Å². The Bertz CT molecular complexity index is 728. The zero-order valence-electron chi connectivity index (χ0n) is 16.6. The Kier molecular flexibility index (Phi) is 8.74. The van der Waals surface area contributed by atoms with E-state index in [-0.39, 0.29) is 0 Å². The summed E-state index contributed by atoms with van der Waals surface area (Å²) in [5.41, 5.74) is 1.22. The summed E-state index contributed by atoms with van der Waals surface area (Å²) in [5, 5.41) is 11.7. The normalized spacial score (nSPS) is 11.7. The van der Waals surface area contributed by atoms with Crippen LogP contribution in [0.4, 0.5) is 0 Å². The van der Waals surface area contributed by atoms with Gasteiger partial charge >= 0.3 is 0 Å². The number of aryl methyl sites for hydroxylation is 1. The molecule has 1 N–H and O–H groups in total. The molecule has 148 valence electrons. The molecule has 0 saturated carbocycles. The van der Waals surface area contributed by atoms with Gasteiger partial charge in [0.05, 0.1) is 0 Å². The lowest BCUT2D eigenvalue weighted by molar-refractivity contribution is 0.145. The monoisotopic (exact) mass is 436 g/mol. The Morgan fingerprint density at radius 1 is 1.30 bits per heavy atom. The summed E-state index contributed by atoms with van der Waals surface area (Å²) >= 11 is 3.48. The number of aliphatic imine (C=N–C) groups is 1. The molecular formula is C19H29BrN6O. The Morgan fingerprint density at radius 3 is 2.67 bits per heavy atom. The maximum atomic E-state index is 5.41. The van der Waals surface area contributed by atoms with E-state index in [1.54, 1.807) is 0 Å². The number of nitrogens with zero attached hydrogens (tertiary/aromatic N) is 5. The van der Waals surface area contributed by atoms with Gasteiger partial charge in [0.15, 0.2) is 11.8 Å². The summed E-state index contributed by atoms with van der Waals surface area (Å²) in [5.74, 6) is 2.57. The first-order chi connectivity index (χ1) is 13.0. The molecule has 0 spiro atoms. The average Bonchev–Trinajstić information content (AvgIpc) is 2.97. The summed E-state index contributed by atoms with van der Waals surface area (Å²) in [6, 6.07) is 8.33. The van der Waals surface area contributed by atoms with E-state index in [2.05, 4.69) is 60.6 Å². The van der Waals surface area contributed by atoms with Crippen molar-refractivity contribution in [2.24, 2.45) is 12.0 Å². The molecule has 7 nitrogen and oxygen atoms in total. The minimum Gasteiger partial charge on any atom is -0.382 e. The van der Waals surface area contributed by atoms with Crippen LogP contribution in [0.2, 0.25) is 0 Å². The standard InChI is InChI=1S/C19H29BrN6O/c1-5-27-12-6-11-21-19(22-13-18-24-23-15(2)26(18)4)25(3)14-16-7-9-17(20)10-8-16/h7-10H,5-6,11-14H2,1-4H3,(H,21,22). The molecule has 0 saturated heterocycles. The van der Waals surface area contributed by atoms with Crippen molar-refractivity contribution in [2.45, 2.75) is 33.4 Å². The van der Waals surface area contributed by atoms with Crippen LogP contribution < -0.4 is 5.32 Å². The molecule has 0 unspecified atom stereocenters. The molecular weight excluding hydrogens is 408 g/mol. The lowest BCUT2D eigenvalue weighted by Crippen LogP contribution is -2.39. The van der Waals surface area contributed by atoms with Crippen LogP contribution >= 0.6 is 15.9 Å². The van der Waals surface area contributed by atoms with Crippen molar-refractivity contribution in [3.8, 4) is 0 Å². The molecule has 2 aromatic rings. The third-order valence-electron chi connectivity index (χ3n) is 4.20. The summed E-state index contributed by atoms with van der Waals surface area (Å²) < 4.78 is 8.45. The van der Waals surface area contributed by atoms with Crippen LogP contribution in [0.1, 0.15) is 30.6 Å². The lowest BCUT2D eigenvalue weighted by atomic mass is 10.2. The van der Waals surface area contributed by atoms with Crippen LogP contribution in [0.25, 0.3) is 0 Å². The summed E-state index contributed by atoms with van der Waals surface area (Å²) in [7, 11) is 4.00. The number of halogens is 1. The molecule has 0 aliphatic rings. The highest BCUT2D eigenvalue weighted by molar-refractivity contribution is 9.10. The summed E-state index contributed by atoms with van der Waals surface area (Å²) in [6.07, 6.45) is 0.933. The Hall–Kier alpha value is -1.93. The number of hydrogen-bond donors (Lipinski definition) is 1. The predicted molar refractivity (Wildman–Crippen MR) is 112 cm³/mol. The molecule has 0 radical (unpaired) electrons. The van der Waals surface area contributed by atoms with Crippen LogP contribution in [0.3, 0.4) is 0 Å². The fourth-order valence-corrected chi connectivity index (χ4v) is 2.77. The second kappa shape index (κ2) is 11.0. The van der Waals surface area contributed by atoms with Crippen molar-refractivity contribution in [1.29, 1.82) is 0 Å². The summed E-state index contributed by atoms with van der Waals surface area (Å²) in [4.78, 5) is 6.88. The van der Waals surface area contributed by atoms with Crippen molar-refractivity contribution in [2.75, 3.05) is 26.8 Å². The van der Waals surface area contributed by atoms with Crippen molar-refractivity contribution >= 4 is 21.9 Å². The second-order valence-electron chi connectivity index (χ2n) is 6.32. The zero-order valence-corrected chi connectivity index (χ0v) is 18.2. The highest BCUT2D eigenvalue weighted by Gasteiger charge is 2.09. The van der Waals surface area contributed by atoms with Crippen LogP contribution in [0, 0.1) is 6.92 Å². The Morgan fingerprint density at radius 2 is 2.04 bits per heavy atom. The second-order valence-corrected chi connectivity index (χ2v) is 7.24. The van der Waals surface area contributed by atoms with Crippen molar-refractivity contribution < 1.29 is 4.74 Å². The molecule has 0 aliphatic carbocycles. The fourth-order valence-electron chi connectivity index (χ4n) is 2.50. The predicted octanol–water partition coefficient (Wildman–Crippen LogP) is 2.89. The van der Waals surface area contributed by atoms with Crippen LogP contribution in [0.15, 0.2) is 33.7 Å². The number of ether oxygens (including phenoxy) is 1. The van der Waals surface area contributed by atoms with Gasteiger partial charge in [-0.2, -0.15) is 0 Å². The van der Waals surface area contributed by atoms with E-state index in [9.17, 15) is 0 Å². The van der Waals surface area contributed by atoms with E-state index >= 15 is 0 Å². The lowest BCUT2D eigenvalue weighted by Gasteiger charge is -2.22. The Balaban J connectivity index is 2.03. The van der Waals surface area contributed by atoms with E-state index in [0.717, 1.165) is 54.8 Å². The number of benzene rings is 1. The third kappa shape index (κ3) is 6.95. The zero-order chi connectivity index (χ0) is 19.6. The van der Waals surface area contributed by atoms with E-state index in [1.807, 2.05) is 32.5 Å². The molecule has 2 rings (SSSR count). The van der Waals surface area contributed by atoms with Gasteiger partial charge in [0.1, 0.15) is 12.4 Å². The van der Waals surface area contributed by atoms with Crippen LogP contribution in [-0.4, -0.2) is 52.4 Å². The molecule has 27 heavy (non-hydrogen) atoms. The number of hydrogen-bond acceptors (Lipinski definition) is 4. The van der Waals surface area contributed by atoms with Gasteiger partial charge in [0.25, 0.3) is 0 Å². The first-order valence-corrected chi connectivity index (χ1v) is 9.97. The van der Waals surface area contributed by atoms with Crippen molar-refractivity contribution in [1.82, 2.24) is 25.0 Å². The minimum atomic E-state index is 0.482. The van der Waals surface area contributed by atoms with E-state index in [0.29, 0.717) is 6.54 Å². The maximum Gasteiger partial charge on any atom is 0.194 e. The number of rotatable bonds is 9. The fraction of sp³-hybridized carbons (Fsp3) is 0.526. The van der Waals surface area contributed by atoms with Crippen molar-refractivity contribution in [3.05, 3.63) is 46.0 Å². The molecule has 1 aromatic carbocycles. The van der Waals surface area contributed by atoms with Gasteiger partial charge in [-0.3, -0.25) is 0 Å². The molecule has 0 aliphatic heterocycles. The van der Waals surface area contributed by atoms with Gasteiger partial charge in [0, 0.05) is 44.9 Å². The molecule has 8 heteroatoms. The van der Waals surface area contributed by atoms with Crippen molar-refractivity contribution in [3.63, 3.8) is 0 Å². The van der Waals surface area contributed by atoms with Gasteiger partial charge in [0.2, 0.25) is 0 Å². The quantitative estimate of drug-likeness (QED) is 0.371. The van der Waals surface area contributed by atoms with E-state index in [1.165, 1.54) is 5.56 Å². The van der Waals surface area contributed by atoms with Crippen LogP contribution in [-0.2, 0) is 24.9 Å². The number of aromatic nitrogens is 3. The maximum absolute atomic E-state index is 5.41. The highest BCUT2D eigenvalue weighted by Crippen LogP contribution is 2.12. The third-order valence-corrected chi connectivity index (χ3v) is 4.73. The molecule has 1 heterocycles. The molecule has 1 aromatic heterocycles. The minimum absolute atomic E-state index is 0.482. The topological polar surface area (TPSA) is 67.6 Å². The van der Waals surface area contributed by atoms with Gasteiger partial charge in [-0.05, 0) is 38.0 Å². The molecule has 0 amide bonds. The first-order valence-electron chi connectivity index (χ1n) is 9.17. The first kappa shape index (κ1) is 21.4. The van der Waals surface area contributed by atoms with Gasteiger partial charge < -0.3 is 19.5 Å². The number of nitrogens with one attached hydrogen (secondary N) is 1. The van der Waals surface area contributed by atoms with E-state index < -0.39 is 0 Å². The SMILES string of the molecule is CCOCCCNC(=NCc1nnc(C)n1C)N(C)Cc1ccc(Br)cc1. The highest BCUT2D eigenvalue weighted by atomic mass is 79.9. The van der Waals surface area contributed by atoms with Crippen LogP contribution in [0.5, 0.6) is 0 Å². The largest absolute Gasteiger partial charge is 0.382 e. The molecule has 0 atom stereocenters. The number of guanidine groups is 1. The smallest absolute Gasteiger partial charge is 0.194 e. The van der Waals surface area contributed by atoms with E-state index in [4.69, 9.17) is 9.73 Å². The molecule has 0 bridgehead atoms. The average molecular weight is 437 g/mol. The van der Waals surface area contributed by atoms with Gasteiger partial charge in [-0.15, -0.1) is 10.2 Å². The van der Waals surface area contributed by atoms with Gasteiger partial charge in [-0.25, -0.2) is 4.99 Å². The Labute approximate surface area is 170 Å². The molecule has 0 fully saturated rings.